The van der Waals surface area contributed by atoms with E-state index in [1.807, 2.05) is 55.5 Å². The average Bonchev–Trinajstić information content (AvgIpc) is 2.54. The van der Waals surface area contributed by atoms with Crippen molar-refractivity contribution in [3.05, 3.63) is 54.1 Å². The number of hydrogen-bond acceptors (Lipinski definition) is 4. The molecule has 3 rings (SSSR count). The standard InChI is InChI=1S/C17H18O4/c1-17(11-18)12-20-16-9-14(7-8-15(16)21-17)19-10-13-5-3-2-4-6-13/h2-9,18H,10-12H2,1H3. The van der Waals surface area contributed by atoms with Crippen LogP contribution in [0.3, 0.4) is 0 Å². The molecule has 0 fully saturated rings. The molecule has 0 saturated heterocycles. The number of aliphatic hydroxyl groups excluding tert-OH is 1. The molecule has 2 aromatic rings. The molecule has 1 heterocycles. The SMILES string of the molecule is CC1(CO)COc2cc(OCc3ccccc3)ccc2O1. The third-order valence-corrected chi connectivity index (χ3v) is 3.39. The lowest BCUT2D eigenvalue weighted by atomic mass is 10.1. The summed E-state index contributed by atoms with van der Waals surface area (Å²) in [6.07, 6.45) is 0. The number of rotatable bonds is 4. The van der Waals surface area contributed by atoms with Crippen molar-refractivity contribution < 1.29 is 19.3 Å². The third-order valence-electron chi connectivity index (χ3n) is 3.39. The topological polar surface area (TPSA) is 47.9 Å². The highest BCUT2D eigenvalue weighted by Gasteiger charge is 2.32. The largest absolute Gasteiger partial charge is 0.489 e. The van der Waals surface area contributed by atoms with Crippen LogP contribution in [0.1, 0.15) is 12.5 Å². The molecule has 1 N–H and O–H groups in total. The number of aliphatic hydroxyl groups is 1. The Kier molecular flexibility index (Phi) is 3.71. The first kappa shape index (κ1) is 13.8. The van der Waals surface area contributed by atoms with Gasteiger partial charge >= 0.3 is 0 Å². The Bertz CT molecular complexity index is 611. The summed E-state index contributed by atoms with van der Waals surface area (Å²) in [5, 5.41) is 9.31. The summed E-state index contributed by atoms with van der Waals surface area (Å²) in [4.78, 5) is 0. The second kappa shape index (κ2) is 5.66. The highest BCUT2D eigenvalue weighted by Crippen LogP contribution is 2.37. The molecule has 0 aromatic heterocycles. The van der Waals surface area contributed by atoms with Gasteiger partial charge in [0.15, 0.2) is 17.1 Å². The lowest BCUT2D eigenvalue weighted by molar-refractivity contribution is -0.0338. The molecule has 2 aromatic carbocycles. The van der Waals surface area contributed by atoms with Gasteiger partial charge in [-0.05, 0) is 24.6 Å². The summed E-state index contributed by atoms with van der Waals surface area (Å²) in [5.74, 6) is 2.00. The van der Waals surface area contributed by atoms with Gasteiger partial charge in [0, 0.05) is 6.07 Å². The maximum atomic E-state index is 9.31. The summed E-state index contributed by atoms with van der Waals surface area (Å²) in [6.45, 7) is 2.56. The molecule has 4 nitrogen and oxygen atoms in total. The van der Waals surface area contributed by atoms with E-state index in [1.165, 1.54) is 0 Å². The van der Waals surface area contributed by atoms with Crippen LogP contribution in [0.25, 0.3) is 0 Å². The zero-order chi connectivity index (χ0) is 14.7. The van der Waals surface area contributed by atoms with Crippen molar-refractivity contribution in [2.75, 3.05) is 13.2 Å². The molecule has 21 heavy (non-hydrogen) atoms. The first-order chi connectivity index (χ1) is 10.2. The summed E-state index contributed by atoms with van der Waals surface area (Å²) in [5.41, 5.74) is 0.430. The molecule has 0 bridgehead atoms. The summed E-state index contributed by atoms with van der Waals surface area (Å²) < 4.78 is 17.2. The second-order valence-corrected chi connectivity index (χ2v) is 5.38. The van der Waals surface area contributed by atoms with Gasteiger partial charge in [0.25, 0.3) is 0 Å². The van der Waals surface area contributed by atoms with Crippen LogP contribution in [0.4, 0.5) is 0 Å². The van der Waals surface area contributed by atoms with Crippen LogP contribution in [0.15, 0.2) is 48.5 Å². The van der Waals surface area contributed by atoms with E-state index >= 15 is 0 Å². The van der Waals surface area contributed by atoms with Gasteiger partial charge in [0.05, 0.1) is 6.61 Å². The lowest BCUT2D eigenvalue weighted by Crippen LogP contribution is -2.45. The van der Waals surface area contributed by atoms with Gasteiger partial charge in [0.1, 0.15) is 19.0 Å². The molecular formula is C17H18O4. The van der Waals surface area contributed by atoms with E-state index in [4.69, 9.17) is 14.2 Å². The van der Waals surface area contributed by atoms with Crippen LogP contribution in [0, 0.1) is 0 Å². The van der Waals surface area contributed by atoms with Crippen LogP contribution in [0.2, 0.25) is 0 Å². The van der Waals surface area contributed by atoms with Gasteiger partial charge in [0.2, 0.25) is 0 Å². The lowest BCUT2D eigenvalue weighted by Gasteiger charge is -2.34. The first-order valence-electron chi connectivity index (χ1n) is 6.92. The van der Waals surface area contributed by atoms with Crippen molar-refractivity contribution in [1.29, 1.82) is 0 Å². The van der Waals surface area contributed by atoms with E-state index in [1.54, 1.807) is 0 Å². The monoisotopic (exact) mass is 286 g/mol. The maximum Gasteiger partial charge on any atom is 0.165 e. The van der Waals surface area contributed by atoms with Crippen molar-refractivity contribution >= 4 is 0 Å². The molecule has 0 amide bonds. The third kappa shape index (κ3) is 3.11. The fourth-order valence-corrected chi connectivity index (χ4v) is 2.12. The summed E-state index contributed by atoms with van der Waals surface area (Å²) in [6, 6.07) is 15.4. The van der Waals surface area contributed by atoms with Gasteiger partial charge < -0.3 is 19.3 Å². The molecule has 4 heteroatoms. The van der Waals surface area contributed by atoms with Crippen LogP contribution >= 0.6 is 0 Å². The fourth-order valence-electron chi connectivity index (χ4n) is 2.12. The second-order valence-electron chi connectivity index (χ2n) is 5.38. The Labute approximate surface area is 123 Å². The molecule has 110 valence electrons. The predicted molar refractivity (Wildman–Crippen MR) is 78.8 cm³/mol. The highest BCUT2D eigenvalue weighted by atomic mass is 16.6. The van der Waals surface area contributed by atoms with Crippen LogP contribution < -0.4 is 14.2 Å². The Hall–Kier alpha value is -2.20. The molecule has 0 aliphatic carbocycles. The van der Waals surface area contributed by atoms with E-state index in [0.717, 1.165) is 11.3 Å². The fraction of sp³-hybridized carbons (Fsp3) is 0.294. The zero-order valence-electron chi connectivity index (χ0n) is 11.9. The van der Waals surface area contributed by atoms with E-state index in [2.05, 4.69) is 0 Å². The molecule has 0 radical (unpaired) electrons. The first-order valence-corrected chi connectivity index (χ1v) is 6.92. The van der Waals surface area contributed by atoms with Crippen LogP contribution in [0.5, 0.6) is 17.2 Å². The Balaban J connectivity index is 1.70. The van der Waals surface area contributed by atoms with Crippen molar-refractivity contribution in [1.82, 2.24) is 0 Å². The number of benzene rings is 2. The minimum absolute atomic E-state index is 0.0846. The zero-order valence-corrected chi connectivity index (χ0v) is 11.9. The van der Waals surface area contributed by atoms with Crippen molar-refractivity contribution in [2.45, 2.75) is 19.1 Å². The van der Waals surface area contributed by atoms with Crippen molar-refractivity contribution in [3.8, 4) is 17.2 Å². The average molecular weight is 286 g/mol. The van der Waals surface area contributed by atoms with Gasteiger partial charge in [-0.15, -0.1) is 0 Å². The number of hydrogen-bond donors (Lipinski definition) is 1. The van der Waals surface area contributed by atoms with E-state index in [0.29, 0.717) is 24.7 Å². The number of fused-ring (bicyclic) bond motifs is 1. The molecule has 1 aliphatic rings. The molecule has 0 saturated carbocycles. The minimum atomic E-state index is -0.681. The van der Waals surface area contributed by atoms with Crippen molar-refractivity contribution in [3.63, 3.8) is 0 Å². The van der Waals surface area contributed by atoms with Gasteiger partial charge in [-0.3, -0.25) is 0 Å². The van der Waals surface area contributed by atoms with Gasteiger partial charge in [-0.2, -0.15) is 0 Å². The minimum Gasteiger partial charge on any atom is -0.489 e. The Morgan fingerprint density at radius 3 is 2.71 bits per heavy atom. The Morgan fingerprint density at radius 2 is 1.95 bits per heavy atom. The predicted octanol–water partition coefficient (Wildman–Crippen LogP) is 2.79. The molecular weight excluding hydrogens is 268 g/mol. The normalized spacial score (nSPS) is 20.1. The van der Waals surface area contributed by atoms with E-state index < -0.39 is 5.60 Å². The Morgan fingerprint density at radius 1 is 1.14 bits per heavy atom. The highest BCUT2D eigenvalue weighted by molar-refractivity contribution is 5.47. The molecule has 0 spiro atoms. The molecule has 1 atom stereocenters. The maximum absolute atomic E-state index is 9.31. The van der Waals surface area contributed by atoms with Crippen LogP contribution in [-0.4, -0.2) is 23.9 Å². The van der Waals surface area contributed by atoms with Crippen LogP contribution in [-0.2, 0) is 6.61 Å². The van der Waals surface area contributed by atoms with Gasteiger partial charge in [-0.1, -0.05) is 30.3 Å². The quantitative estimate of drug-likeness (QED) is 0.939. The van der Waals surface area contributed by atoms with E-state index in [-0.39, 0.29) is 6.61 Å². The molecule has 1 unspecified atom stereocenters. The van der Waals surface area contributed by atoms with Crippen molar-refractivity contribution in [2.24, 2.45) is 0 Å². The molecule has 1 aliphatic heterocycles. The van der Waals surface area contributed by atoms with E-state index in [9.17, 15) is 5.11 Å². The van der Waals surface area contributed by atoms with Gasteiger partial charge in [-0.25, -0.2) is 0 Å². The summed E-state index contributed by atoms with van der Waals surface area (Å²) >= 11 is 0. The summed E-state index contributed by atoms with van der Waals surface area (Å²) in [7, 11) is 0. The number of ether oxygens (including phenoxy) is 3. The smallest absolute Gasteiger partial charge is 0.165 e.